The van der Waals surface area contributed by atoms with Gasteiger partial charge in [0.2, 0.25) is 0 Å². The molecule has 1 aliphatic rings. The minimum atomic E-state index is 0.448. The SMILES string of the molecule is CN(CC1CCC(N)CC1)c1ccc(Br)cc1. The van der Waals surface area contributed by atoms with Crippen LogP contribution in [0.5, 0.6) is 0 Å². The zero-order valence-corrected chi connectivity index (χ0v) is 12.0. The van der Waals surface area contributed by atoms with E-state index < -0.39 is 0 Å². The highest BCUT2D eigenvalue weighted by molar-refractivity contribution is 9.10. The van der Waals surface area contributed by atoms with Gasteiger partial charge in [-0.3, -0.25) is 0 Å². The predicted octanol–water partition coefficient (Wildman–Crippen LogP) is 3.40. The largest absolute Gasteiger partial charge is 0.374 e. The Morgan fingerprint density at radius 2 is 1.76 bits per heavy atom. The molecular weight excluding hydrogens is 276 g/mol. The Morgan fingerprint density at radius 3 is 2.35 bits per heavy atom. The van der Waals surface area contributed by atoms with E-state index >= 15 is 0 Å². The van der Waals surface area contributed by atoms with Crippen molar-refractivity contribution in [2.24, 2.45) is 11.7 Å². The lowest BCUT2D eigenvalue weighted by molar-refractivity contribution is 0.330. The summed E-state index contributed by atoms with van der Waals surface area (Å²) in [6.07, 6.45) is 4.95. The molecule has 0 spiro atoms. The topological polar surface area (TPSA) is 29.3 Å². The molecule has 0 saturated heterocycles. The van der Waals surface area contributed by atoms with E-state index in [4.69, 9.17) is 5.73 Å². The Kier molecular flexibility index (Phi) is 4.46. The van der Waals surface area contributed by atoms with Crippen molar-refractivity contribution in [3.05, 3.63) is 28.7 Å². The van der Waals surface area contributed by atoms with Crippen molar-refractivity contribution >= 4 is 21.6 Å². The Bertz CT molecular complexity index is 342. The maximum atomic E-state index is 5.94. The molecule has 0 unspecified atom stereocenters. The molecule has 0 aromatic heterocycles. The van der Waals surface area contributed by atoms with Gasteiger partial charge in [-0.1, -0.05) is 15.9 Å². The molecule has 1 saturated carbocycles. The van der Waals surface area contributed by atoms with Gasteiger partial charge >= 0.3 is 0 Å². The van der Waals surface area contributed by atoms with Crippen molar-refractivity contribution in [1.29, 1.82) is 0 Å². The van der Waals surface area contributed by atoms with Gasteiger partial charge in [0.05, 0.1) is 0 Å². The second-order valence-corrected chi connectivity index (χ2v) is 6.05. The van der Waals surface area contributed by atoms with Gasteiger partial charge in [-0.2, -0.15) is 0 Å². The van der Waals surface area contributed by atoms with Gasteiger partial charge in [0.15, 0.2) is 0 Å². The van der Waals surface area contributed by atoms with E-state index in [1.54, 1.807) is 0 Å². The lowest BCUT2D eigenvalue weighted by atomic mass is 9.86. The molecule has 0 amide bonds. The fourth-order valence-electron chi connectivity index (χ4n) is 2.56. The van der Waals surface area contributed by atoms with Crippen LogP contribution in [0.4, 0.5) is 5.69 Å². The van der Waals surface area contributed by atoms with Crippen LogP contribution in [0.3, 0.4) is 0 Å². The maximum absolute atomic E-state index is 5.94. The van der Waals surface area contributed by atoms with Gasteiger partial charge in [-0.25, -0.2) is 0 Å². The smallest absolute Gasteiger partial charge is 0.0364 e. The zero-order valence-electron chi connectivity index (χ0n) is 10.4. The standard InChI is InChI=1S/C14H21BrN2/c1-17(14-8-4-12(15)5-9-14)10-11-2-6-13(16)7-3-11/h4-5,8-9,11,13H,2-3,6-7,10,16H2,1H3. The van der Waals surface area contributed by atoms with Gasteiger partial charge in [-0.15, -0.1) is 0 Å². The van der Waals surface area contributed by atoms with Crippen molar-refractivity contribution < 1.29 is 0 Å². The van der Waals surface area contributed by atoms with E-state index in [2.05, 4.69) is 52.1 Å². The molecule has 94 valence electrons. The quantitative estimate of drug-likeness (QED) is 0.926. The molecular formula is C14H21BrN2. The maximum Gasteiger partial charge on any atom is 0.0364 e. The molecule has 1 fully saturated rings. The summed E-state index contributed by atoms with van der Waals surface area (Å²) in [6, 6.07) is 8.98. The summed E-state index contributed by atoms with van der Waals surface area (Å²) in [5.41, 5.74) is 7.23. The third-order valence-corrected chi connectivity index (χ3v) is 4.22. The van der Waals surface area contributed by atoms with Gasteiger partial charge in [-0.05, 0) is 55.9 Å². The van der Waals surface area contributed by atoms with Crippen LogP contribution < -0.4 is 10.6 Å². The monoisotopic (exact) mass is 296 g/mol. The number of nitrogens with two attached hydrogens (primary N) is 1. The second-order valence-electron chi connectivity index (χ2n) is 5.14. The number of benzene rings is 1. The van der Waals surface area contributed by atoms with Crippen molar-refractivity contribution in [2.75, 3.05) is 18.5 Å². The first-order valence-corrected chi connectivity index (χ1v) is 7.16. The Hall–Kier alpha value is -0.540. The van der Waals surface area contributed by atoms with Crippen LogP contribution in [0, 0.1) is 5.92 Å². The summed E-state index contributed by atoms with van der Waals surface area (Å²) in [5.74, 6) is 0.809. The molecule has 2 N–H and O–H groups in total. The van der Waals surface area contributed by atoms with Crippen LogP contribution >= 0.6 is 15.9 Å². The molecule has 1 aliphatic carbocycles. The molecule has 2 rings (SSSR count). The van der Waals surface area contributed by atoms with Crippen LogP contribution in [-0.4, -0.2) is 19.6 Å². The normalized spacial score (nSPS) is 24.6. The molecule has 17 heavy (non-hydrogen) atoms. The molecule has 1 aromatic carbocycles. The fourth-order valence-corrected chi connectivity index (χ4v) is 2.82. The highest BCUT2D eigenvalue weighted by Gasteiger charge is 2.19. The fraction of sp³-hybridized carbons (Fsp3) is 0.571. The molecule has 0 radical (unpaired) electrons. The summed E-state index contributed by atoms with van der Waals surface area (Å²) >= 11 is 3.47. The van der Waals surface area contributed by atoms with E-state index in [0.29, 0.717) is 6.04 Å². The minimum absolute atomic E-state index is 0.448. The van der Waals surface area contributed by atoms with Crippen molar-refractivity contribution in [3.63, 3.8) is 0 Å². The zero-order chi connectivity index (χ0) is 12.3. The van der Waals surface area contributed by atoms with Gasteiger partial charge in [0.25, 0.3) is 0 Å². The summed E-state index contributed by atoms with van der Waals surface area (Å²) in [5, 5.41) is 0. The van der Waals surface area contributed by atoms with E-state index in [9.17, 15) is 0 Å². The number of nitrogens with zero attached hydrogens (tertiary/aromatic N) is 1. The predicted molar refractivity (Wildman–Crippen MR) is 77.3 cm³/mol. The second kappa shape index (κ2) is 5.87. The number of rotatable bonds is 3. The Balaban J connectivity index is 1.88. The van der Waals surface area contributed by atoms with E-state index in [0.717, 1.165) is 16.9 Å². The molecule has 0 heterocycles. The average Bonchev–Trinajstić information content (AvgIpc) is 2.33. The average molecular weight is 297 g/mol. The van der Waals surface area contributed by atoms with Crippen LogP contribution in [0.2, 0.25) is 0 Å². The number of anilines is 1. The van der Waals surface area contributed by atoms with Crippen LogP contribution in [0.15, 0.2) is 28.7 Å². The number of hydrogen-bond acceptors (Lipinski definition) is 2. The highest BCUT2D eigenvalue weighted by Crippen LogP contribution is 2.26. The molecule has 2 nitrogen and oxygen atoms in total. The van der Waals surface area contributed by atoms with Gasteiger partial charge in [0.1, 0.15) is 0 Å². The van der Waals surface area contributed by atoms with Gasteiger partial charge in [0, 0.05) is 29.8 Å². The van der Waals surface area contributed by atoms with Crippen LogP contribution in [0.1, 0.15) is 25.7 Å². The van der Waals surface area contributed by atoms with Crippen molar-refractivity contribution in [2.45, 2.75) is 31.7 Å². The number of hydrogen-bond donors (Lipinski definition) is 1. The van der Waals surface area contributed by atoms with Gasteiger partial charge < -0.3 is 10.6 Å². The third-order valence-electron chi connectivity index (χ3n) is 3.69. The summed E-state index contributed by atoms with van der Waals surface area (Å²) in [7, 11) is 2.18. The van der Waals surface area contributed by atoms with Crippen molar-refractivity contribution in [3.8, 4) is 0 Å². The molecule has 3 heteroatoms. The first kappa shape index (κ1) is 12.9. The Morgan fingerprint density at radius 1 is 1.18 bits per heavy atom. The highest BCUT2D eigenvalue weighted by atomic mass is 79.9. The van der Waals surface area contributed by atoms with Crippen LogP contribution in [0.25, 0.3) is 0 Å². The van der Waals surface area contributed by atoms with E-state index in [-0.39, 0.29) is 0 Å². The lowest BCUT2D eigenvalue weighted by Crippen LogP contribution is -2.32. The first-order chi connectivity index (χ1) is 8.15. The lowest BCUT2D eigenvalue weighted by Gasteiger charge is -2.30. The summed E-state index contributed by atoms with van der Waals surface area (Å²) in [4.78, 5) is 2.36. The molecule has 1 aromatic rings. The molecule has 0 bridgehead atoms. The van der Waals surface area contributed by atoms with Crippen LogP contribution in [-0.2, 0) is 0 Å². The molecule has 0 atom stereocenters. The van der Waals surface area contributed by atoms with E-state index in [1.807, 2.05) is 0 Å². The summed E-state index contributed by atoms with van der Waals surface area (Å²) < 4.78 is 1.14. The first-order valence-electron chi connectivity index (χ1n) is 6.37. The number of halogens is 1. The van der Waals surface area contributed by atoms with Crippen molar-refractivity contribution in [1.82, 2.24) is 0 Å². The van der Waals surface area contributed by atoms with E-state index in [1.165, 1.54) is 31.4 Å². The Labute approximate surface area is 112 Å². The molecule has 0 aliphatic heterocycles. The summed E-state index contributed by atoms with van der Waals surface area (Å²) in [6.45, 7) is 1.15. The minimum Gasteiger partial charge on any atom is -0.374 e. The third kappa shape index (κ3) is 3.71.